The van der Waals surface area contributed by atoms with E-state index in [-0.39, 0.29) is 5.91 Å². The van der Waals surface area contributed by atoms with Crippen molar-refractivity contribution in [3.8, 4) is 0 Å². The molecule has 2 saturated heterocycles. The van der Waals surface area contributed by atoms with Crippen molar-refractivity contribution in [1.82, 2.24) is 14.8 Å². The first-order chi connectivity index (χ1) is 14.1. The Balaban J connectivity index is 1.25. The Hall–Kier alpha value is -2.60. The second kappa shape index (κ2) is 8.82. The monoisotopic (exact) mass is 393 g/mol. The topological polar surface area (TPSA) is 42.9 Å². The van der Waals surface area contributed by atoms with E-state index in [4.69, 9.17) is 0 Å². The molecule has 6 heteroatoms. The van der Waals surface area contributed by atoms with Crippen LogP contribution in [0.1, 0.15) is 11.1 Å². The SMILES string of the molecule is Cc1cccc(N2CCN(C(=O)CN3CCN(c4ccccn4)CC3)CC2)c1C. The fraction of sp³-hybridized carbons (Fsp3) is 0.478. The van der Waals surface area contributed by atoms with E-state index in [1.807, 2.05) is 23.2 Å². The standard InChI is InChI=1S/C23H31N5O/c1-19-6-5-7-21(20(19)2)26-14-16-28(17-15-26)23(29)18-25-10-12-27(13-11-25)22-8-3-4-9-24-22/h3-9H,10-18H2,1-2H3. The lowest BCUT2D eigenvalue weighted by atomic mass is 10.1. The van der Waals surface area contributed by atoms with E-state index in [0.717, 1.165) is 58.2 Å². The number of aromatic nitrogens is 1. The molecule has 29 heavy (non-hydrogen) atoms. The summed E-state index contributed by atoms with van der Waals surface area (Å²) < 4.78 is 0. The minimum atomic E-state index is 0.261. The van der Waals surface area contributed by atoms with Gasteiger partial charge in [-0.05, 0) is 43.2 Å². The highest BCUT2D eigenvalue weighted by Crippen LogP contribution is 2.24. The molecule has 154 valence electrons. The van der Waals surface area contributed by atoms with Gasteiger partial charge in [0.1, 0.15) is 5.82 Å². The van der Waals surface area contributed by atoms with Crippen molar-refractivity contribution >= 4 is 17.4 Å². The minimum absolute atomic E-state index is 0.261. The molecule has 6 nitrogen and oxygen atoms in total. The molecule has 4 rings (SSSR count). The number of hydrogen-bond donors (Lipinski definition) is 0. The molecule has 0 N–H and O–H groups in total. The molecule has 2 aliphatic heterocycles. The number of nitrogens with zero attached hydrogens (tertiary/aromatic N) is 5. The molecule has 0 radical (unpaired) electrons. The maximum atomic E-state index is 12.8. The van der Waals surface area contributed by atoms with Crippen LogP contribution in [0.4, 0.5) is 11.5 Å². The average molecular weight is 394 g/mol. The summed E-state index contributed by atoms with van der Waals surface area (Å²) in [6.07, 6.45) is 1.84. The van der Waals surface area contributed by atoms with Crippen molar-refractivity contribution in [2.45, 2.75) is 13.8 Å². The van der Waals surface area contributed by atoms with E-state index in [2.05, 4.69) is 57.8 Å². The van der Waals surface area contributed by atoms with Crippen LogP contribution in [-0.2, 0) is 4.79 Å². The highest BCUT2D eigenvalue weighted by Gasteiger charge is 2.25. The number of rotatable bonds is 4. The van der Waals surface area contributed by atoms with E-state index in [1.54, 1.807) is 0 Å². The fourth-order valence-electron chi connectivity index (χ4n) is 4.24. The van der Waals surface area contributed by atoms with Crippen LogP contribution in [0, 0.1) is 13.8 Å². The van der Waals surface area contributed by atoms with E-state index in [1.165, 1.54) is 16.8 Å². The molecule has 0 unspecified atom stereocenters. The molecular formula is C23H31N5O. The Kier molecular flexibility index (Phi) is 6.00. The number of benzene rings is 1. The summed E-state index contributed by atoms with van der Waals surface area (Å²) in [6.45, 7) is 12.0. The molecular weight excluding hydrogens is 362 g/mol. The Morgan fingerprint density at radius 2 is 1.59 bits per heavy atom. The lowest BCUT2D eigenvalue weighted by molar-refractivity contribution is -0.132. The second-order valence-corrected chi connectivity index (χ2v) is 8.04. The van der Waals surface area contributed by atoms with E-state index < -0.39 is 0 Å². The van der Waals surface area contributed by atoms with Gasteiger partial charge in [0.2, 0.25) is 5.91 Å². The summed E-state index contributed by atoms with van der Waals surface area (Å²) in [7, 11) is 0. The normalized spacial score (nSPS) is 18.2. The number of anilines is 2. The first kappa shape index (κ1) is 19.7. The third kappa shape index (κ3) is 4.53. The first-order valence-electron chi connectivity index (χ1n) is 10.6. The predicted octanol–water partition coefficient (Wildman–Crippen LogP) is 2.17. The lowest BCUT2D eigenvalue weighted by Crippen LogP contribution is -2.54. The van der Waals surface area contributed by atoms with Crippen molar-refractivity contribution in [2.75, 3.05) is 68.7 Å². The number of pyridine rings is 1. The Labute approximate surface area is 173 Å². The number of piperazine rings is 2. The van der Waals surface area contributed by atoms with Crippen LogP contribution in [0.3, 0.4) is 0 Å². The van der Waals surface area contributed by atoms with Crippen LogP contribution in [-0.4, -0.2) is 79.6 Å². The summed E-state index contributed by atoms with van der Waals surface area (Å²) in [5.74, 6) is 1.29. The van der Waals surface area contributed by atoms with Crippen molar-refractivity contribution < 1.29 is 4.79 Å². The Bertz CT molecular complexity index is 824. The summed E-state index contributed by atoms with van der Waals surface area (Å²) in [6, 6.07) is 12.5. The van der Waals surface area contributed by atoms with Gasteiger partial charge in [-0.2, -0.15) is 0 Å². The van der Waals surface area contributed by atoms with Crippen LogP contribution >= 0.6 is 0 Å². The third-order valence-electron chi connectivity index (χ3n) is 6.25. The quantitative estimate of drug-likeness (QED) is 0.797. The van der Waals surface area contributed by atoms with Crippen molar-refractivity contribution in [2.24, 2.45) is 0 Å². The largest absolute Gasteiger partial charge is 0.368 e. The van der Waals surface area contributed by atoms with Gasteiger partial charge in [-0.15, -0.1) is 0 Å². The number of carbonyl (C=O) groups is 1. The molecule has 1 aromatic heterocycles. The number of carbonyl (C=O) groups excluding carboxylic acids is 1. The predicted molar refractivity (Wildman–Crippen MR) is 118 cm³/mol. The maximum Gasteiger partial charge on any atom is 0.236 e. The molecule has 1 amide bonds. The molecule has 0 atom stereocenters. The van der Waals surface area contributed by atoms with Gasteiger partial charge in [-0.25, -0.2) is 4.98 Å². The van der Waals surface area contributed by atoms with Crippen molar-refractivity contribution in [3.63, 3.8) is 0 Å². The van der Waals surface area contributed by atoms with Gasteiger partial charge >= 0.3 is 0 Å². The maximum absolute atomic E-state index is 12.8. The summed E-state index contributed by atoms with van der Waals surface area (Å²) >= 11 is 0. The second-order valence-electron chi connectivity index (χ2n) is 8.04. The van der Waals surface area contributed by atoms with Crippen molar-refractivity contribution in [1.29, 1.82) is 0 Å². The fourth-order valence-corrected chi connectivity index (χ4v) is 4.24. The number of aryl methyl sites for hydroxylation is 1. The van der Waals surface area contributed by atoms with Gasteiger partial charge < -0.3 is 14.7 Å². The highest BCUT2D eigenvalue weighted by atomic mass is 16.2. The molecule has 2 aliphatic rings. The molecule has 0 bridgehead atoms. The third-order valence-corrected chi connectivity index (χ3v) is 6.25. The zero-order valence-corrected chi connectivity index (χ0v) is 17.5. The molecule has 0 aliphatic carbocycles. The van der Waals surface area contributed by atoms with Crippen LogP contribution in [0.5, 0.6) is 0 Å². The van der Waals surface area contributed by atoms with Crippen molar-refractivity contribution in [3.05, 3.63) is 53.7 Å². The number of hydrogen-bond acceptors (Lipinski definition) is 5. The lowest BCUT2D eigenvalue weighted by Gasteiger charge is -2.39. The van der Waals surface area contributed by atoms with E-state index in [0.29, 0.717) is 6.54 Å². The van der Waals surface area contributed by atoms with E-state index in [9.17, 15) is 4.79 Å². The van der Waals surface area contributed by atoms with Crippen LogP contribution < -0.4 is 9.80 Å². The zero-order valence-electron chi connectivity index (χ0n) is 17.5. The van der Waals surface area contributed by atoms with Gasteiger partial charge in [0, 0.05) is 64.2 Å². The Morgan fingerprint density at radius 1 is 0.862 bits per heavy atom. The smallest absolute Gasteiger partial charge is 0.236 e. The van der Waals surface area contributed by atoms with Crippen LogP contribution in [0.15, 0.2) is 42.6 Å². The highest BCUT2D eigenvalue weighted by molar-refractivity contribution is 5.78. The first-order valence-corrected chi connectivity index (χ1v) is 10.6. The molecule has 2 aromatic rings. The minimum Gasteiger partial charge on any atom is -0.368 e. The van der Waals surface area contributed by atoms with Gasteiger partial charge in [-0.3, -0.25) is 9.69 Å². The molecule has 0 spiro atoms. The van der Waals surface area contributed by atoms with E-state index >= 15 is 0 Å². The average Bonchev–Trinajstić information content (AvgIpc) is 2.77. The molecule has 2 fully saturated rings. The summed E-state index contributed by atoms with van der Waals surface area (Å²) in [5, 5.41) is 0. The summed E-state index contributed by atoms with van der Waals surface area (Å²) in [5.41, 5.74) is 3.98. The van der Waals surface area contributed by atoms with Crippen LogP contribution in [0.25, 0.3) is 0 Å². The van der Waals surface area contributed by atoms with Crippen LogP contribution in [0.2, 0.25) is 0 Å². The van der Waals surface area contributed by atoms with Gasteiger partial charge in [0.15, 0.2) is 0 Å². The molecule has 3 heterocycles. The molecule has 0 saturated carbocycles. The van der Waals surface area contributed by atoms with Gasteiger partial charge in [0.25, 0.3) is 0 Å². The summed E-state index contributed by atoms with van der Waals surface area (Å²) in [4.78, 5) is 26.3. The van der Waals surface area contributed by atoms with Gasteiger partial charge in [-0.1, -0.05) is 18.2 Å². The molecule has 1 aromatic carbocycles. The van der Waals surface area contributed by atoms with Gasteiger partial charge in [0.05, 0.1) is 6.54 Å². The Morgan fingerprint density at radius 3 is 2.28 bits per heavy atom. The number of amides is 1. The zero-order chi connectivity index (χ0) is 20.2.